The van der Waals surface area contributed by atoms with Gasteiger partial charge in [-0.2, -0.15) is 18.3 Å². The van der Waals surface area contributed by atoms with Crippen LogP contribution in [0.25, 0.3) is 10.9 Å². The minimum Gasteiger partial charge on any atom is -0.396 e. The van der Waals surface area contributed by atoms with Crippen LogP contribution in [-0.4, -0.2) is 37.4 Å². The van der Waals surface area contributed by atoms with E-state index in [9.17, 15) is 23.1 Å². The molecule has 0 atom stereocenters. The first kappa shape index (κ1) is 20.3. The zero-order valence-corrected chi connectivity index (χ0v) is 15.9. The van der Waals surface area contributed by atoms with Crippen LogP contribution in [0.3, 0.4) is 0 Å². The second-order valence-corrected chi connectivity index (χ2v) is 7.45. The Balaban J connectivity index is 1.49. The first-order valence-electron chi connectivity index (χ1n) is 9.65. The monoisotopic (exact) mass is 419 g/mol. The number of pyridine rings is 2. The zero-order chi connectivity index (χ0) is 21.3. The molecule has 1 amide bonds. The minimum absolute atomic E-state index is 0.204. The summed E-state index contributed by atoms with van der Waals surface area (Å²) in [5.74, 6) is -0.225. The summed E-state index contributed by atoms with van der Waals surface area (Å²) < 4.78 is 40.3. The molecule has 1 saturated carbocycles. The van der Waals surface area contributed by atoms with Crippen molar-refractivity contribution in [2.24, 2.45) is 5.92 Å². The van der Waals surface area contributed by atoms with Crippen LogP contribution in [0.1, 0.15) is 47.9 Å². The molecule has 1 aliphatic carbocycles. The Morgan fingerprint density at radius 3 is 2.70 bits per heavy atom. The number of aromatic nitrogens is 4. The Hall–Kier alpha value is -3.01. The lowest BCUT2D eigenvalue weighted by Gasteiger charge is -2.27. The fourth-order valence-corrected chi connectivity index (χ4v) is 3.69. The fourth-order valence-electron chi connectivity index (χ4n) is 3.69. The molecule has 10 heteroatoms. The number of halogens is 3. The van der Waals surface area contributed by atoms with Crippen LogP contribution in [0, 0.1) is 5.92 Å². The van der Waals surface area contributed by atoms with Gasteiger partial charge in [-0.15, -0.1) is 0 Å². The fraction of sp³-hybridized carbons (Fsp3) is 0.400. The quantitative estimate of drug-likeness (QED) is 0.671. The molecule has 1 aliphatic rings. The molecule has 0 radical (unpaired) electrons. The molecule has 0 aliphatic heterocycles. The summed E-state index contributed by atoms with van der Waals surface area (Å²) in [6.07, 6.45) is 2.51. The maximum absolute atomic E-state index is 12.8. The molecule has 1 fully saturated rings. The van der Waals surface area contributed by atoms with Crippen molar-refractivity contribution in [3.63, 3.8) is 0 Å². The van der Waals surface area contributed by atoms with Crippen molar-refractivity contribution in [2.45, 2.75) is 37.9 Å². The molecule has 3 heterocycles. The van der Waals surface area contributed by atoms with E-state index in [2.05, 4.69) is 20.4 Å². The molecule has 2 N–H and O–H groups in total. The van der Waals surface area contributed by atoms with Gasteiger partial charge in [-0.1, -0.05) is 6.07 Å². The molecule has 0 spiro atoms. The number of alkyl halides is 3. The van der Waals surface area contributed by atoms with Crippen molar-refractivity contribution in [3.05, 3.63) is 48.0 Å². The van der Waals surface area contributed by atoms with Crippen LogP contribution in [0.15, 0.2) is 36.7 Å². The van der Waals surface area contributed by atoms with Crippen LogP contribution in [-0.2, 0) is 6.18 Å². The number of aliphatic hydroxyl groups is 1. The van der Waals surface area contributed by atoms with E-state index in [0.29, 0.717) is 11.4 Å². The molecular formula is C20H20F3N5O2. The first-order valence-corrected chi connectivity index (χ1v) is 9.65. The summed E-state index contributed by atoms with van der Waals surface area (Å²) in [4.78, 5) is 19.8. The summed E-state index contributed by atoms with van der Waals surface area (Å²) >= 11 is 0. The first-order chi connectivity index (χ1) is 14.3. The SMILES string of the molecule is O=C(Nc1cc2cn([C@H]3CC[C@H](CO)CC3)nc2cn1)c1cccc(C(F)(F)F)n1. The number of carbonyl (C=O) groups is 1. The number of hydrogen-bond acceptors (Lipinski definition) is 5. The van der Waals surface area contributed by atoms with Crippen molar-refractivity contribution in [1.29, 1.82) is 0 Å². The average Bonchev–Trinajstić information content (AvgIpc) is 3.16. The minimum atomic E-state index is -4.63. The van der Waals surface area contributed by atoms with Crippen LogP contribution in [0.2, 0.25) is 0 Å². The largest absolute Gasteiger partial charge is 0.433 e. The lowest BCUT2D eigenvalue weighted by molar-refractivity contribution is -0.141. The van der Waals surface area contributed by atoms with Crippen molar-refractivity contribution >= 4 is 22.6 Å². The van der Waals surface area contributed by atoms with Gasteiger partial charge in [-0.05, 0) is 49.8 Å². The molecule has 30 heavy (non-hydrogen) atoms. The number of anilines is 1. The van der Waals surface area contributed by atoms with Gasteiger partial charge in [-0.3, -0.25) is 9.48 Å². The van der Waals surface area contributed by atoms with Gasteiger partial charge in [0, 0.05) is 18.2 Å². The van der Waals surface area contributed by atoms with E-state index in [1.165, 1.54) is 12.3 Å². The van der Waals surface area contributed by atoms with E-state index in [4.69, 9.17) is 0 Å². The third-order valence-corrected chi connectivity index (χ3v) is 5.37. The van der Waals surface area contributed by atoms with Gasteiger partial charge >= 0.3 is 6.18 Å². The normalized spacial score (nSPS) is 19.7. The van der Waals surface area contributed by atoms with Gasteiger partial charge in [0.1, 0.15) is 22.7 Å². The van der Waals surface area contributed by atoms with Crippen LogP contribution in [0.5, 0.6) is 0 Å². The number of amides is 1. The van der Waals surface area contributed by atoms with Crippen molar-refractivity contribution in [1.82, 2.24) is 19.7 Å². The van der Waals surface area contributed by atoms with E-state index >= 15 is 0 Å². The zero-order valence-electron chi connectivity index (χ0n) is 15.9. The molecule has 7 nitrogen and oxygen atoms in total. The maximum Gasteiger partial charge on any atom is 0.433 e. The van der Waals surface area contributed by atoms with Crippen LogP contribution >= 0.6 is 0 Å². The highest BCUT2D eigenvalue weighted by Gasteiger charge is 2.33. The number of hydrogen-bond donors (Lipinski definition) is 2. The Morgan fingerprint density at radius 2 is 2.00 bits per heavy atom. The standard InChI is InChI=1S/C20H20F3N5O2/c21-20(22,23)17-3-1-2-15(25-17)19(30)26-18-8-13-10-28(27-16(13)9-24-18)14-6-4-12(11-29)5-7-14/h1-3,8-10,12,14,29H,4-7,11H2,(H,26,30)/t12-,14-. The highest BCUT2D eigenvalue weighted by Crippen LogP contribution is 2.32. The molecule has 3 aromatic heterocycles. The second kappa shape index (κ2) is 8.02. The van der Waals surface area contributed by atoms with Gasteiger partial charge in [0.2, 0.25) is 0 Å². The molecular weight excluding hydrogens is 399 g/mol. The lowest BCUT2D eigenvalue weighted by atomic mass is 9.87. The molecule has 0 aromatic carbocycles. The van der Waals surface area contributed by atoms with Crippen molar-refractivity contribution in [2.75, 3.05) is 11.9 Å². The van der Waals surface area contributed by atoms with Crippen LogP contribution in [0.4, 0.5) is 19.0 Å². The topological polar surface area (TPSA) is 92.9 Å². The van der Waals surface area contributed by atoms with Crippen LogP contribution < -0.4 is 5.32 Å². The predicted molar refractivity (Wildman–Crippen MR) is 103 cm³/mol. The summed E-state index contributed by atoms with van der Waals surface area (Å²) in [5, 5.41) is 17.1. The van der Waals surface area contributed by atoms with Gasteiger partial charge in [-0.25, -0.2) is 9.97 Å². The highest BCUT2D eigenvalue weighted by atomic mass is 19.4. The molecule has 0 unspecified atom stereocenters. The number of rotatable bonds is 4. The number of carbonyl (C=O) groups excluding carboxylic acids is 1. The molecule has 4 rings (SSSR count). The van der Waals surface area contributed by atoms with Crippen molar-refractivity contribution < 1.29 is 23.1 Å². The van der Waals surface area contributed by atoms with Gasteiger partial charge in [0.15, 0.2) is 0 Å². The average molecular weight is 419 g/mol. The Kier molecular flexibility index (Phi) is 5.42. The predicted octanol–water partition coefficient (Wildman–Crippen LogP) is 3.82. The number of nitrogens with one attached hydrogen (secondary N) is 1. The van der Waals surface area contributed by atoms with E-state index in [0.717, 1.165) is 43.2 Å². The third-order valence-electron chi connectivity index (χ3n) is 5.37. The summed E-state index contributed by atoms with van der Waals surface area (Å²) in [7, 11) is 0. The lowest BCUT2D eigenvalue weighted by Crippen LogP contribution is -2.20. The highest BCUT2D eigenvalue weighted by molar-refractivity contribution is 6.03. The number of aliphatic hydroxyl groups excluding tert-OH is 1. The summed E-state index contributed by atoms with van der Waals surface area (Å²) in [5.41, 5.74) is -0.812. The Bertz CT molecular complexity index is 1060. The Morgan fingerprint density at radius 1 is 1.23 bits per heavy atom. The summed E-state index contributed by atoms with van der Waals surface area (Å²) in [6, 6.07) is 5.03. The number of fused-ring (bicyclic) bond motifs is 1. The summed E-state index contributed by atoms with van der Waals surface area (Å²) in [6.45, 7) is 0.210. The van der Waals surface area contributed by atoms with Gasteiger partial charge < -0.3 is 10.4 Å². The smallest absolute Gasteiger partial charge is 0.396 e. The van der Waals surface area contributed by atoms with E-state index in [1.54, 1.807) is 6.07 Å². The Labute approximate surface area is 169 Å². The molecule has 0 bridgehead atoms. The van der Waals surface area contributed by atoms with Gasteiger partial charge in [0.05, 0.1) is 12.2 Å². The molecule has 3 aromatic rings. The van der Waals surface area contributed by atoms with E-state index < -0.39 is 17.8 Å². The third kappa shape index (κ3) is 4.28. The second-order valence-electron chi connectivity index (χ2n) is 7.45. The molecule has 158 valence electrons. The van der Waals surface area contributed by atoms with Gasteiger partial charge in [0.25, 0.3) is 5.91 Å². The maximum atomic E-state index is 12.8. The number of nitrogens with zero attached hydrogens (tertiary/aromatic N) is 4. The van der Waals surface area contributed by atoms with Crippen molar-refractivity contribution in [3.8, 4) is 0 Å². The van der Waals surface area contributed by atoms with E-state index in [-0.39, 0.29) is 24.2 Å². The molecule has 0 saturated heterocycles. The van der Waals surface area contributed by atoms with E-state index in [1.807, 2.05) is 10.9 Å².